The van der Waals surface area contributed by atoms with E-state index in [2.05, 4.69) is 9.69 Å². The lowest BCUT2D eigenvalue weighted by Gasteiger charge is -2.30. The van der Waals surface area contributed by atoms with Crippen molar-refractivity contribution in [1.29, 1.82) is 0 Å². The number of nitrogen functional groups attached to an aromatic ring is 1. The fraction of sp³-hybridized carbons (Fsp3) is 0.400. The van der Waals surface area contributed by atoms with Gasteiger partial charge in [-0.05, 0) is 55.1 Å². The van der Waals surface area contributed by atoms with E-state index in [0.717, 1.165) is 24.4 Å². The number of carbonyl (C=O) groups excluding carboxylic acids is 3. The standard InChI is InChI=1S/C20H24ClN5O4S/c1-2-14(19(28)24-10-13-4-3-9-30-13)26(12-7-5-11(21)6-8-12)20(29)17-15(22)16(18(23)27)25-31-17/h5-8,13-14H,2-4,9-10,22H2,1H3,(H2,23,27)(H,24,28)/t13-,14-/m0/s1. The van der Waals surface area contributed by atoms with Gasteiger partial charge < -0.3 is 21.5 Å². The molecule has 166 valence electrons. The van der Waals surface area contributed by atoms with Gasteiger partial charge in [0.05, 0.1) is 11.8 Å². The first-order chi connectivity index (χ1) is 14.8. The van der Waals surface area contributed by atoms with Crippen LogP contribution in [-0.2, 0) is 9.53 Å². The Kier molecular flexibility index (Phi) is 7.47. The summed E-state index contributed by atoms with van der Waals surface area (Å²) in [5, 5.41) is 3.37. The average Bonchev–Trinajstić information content (AvgIpc) is 3.40. The topological polar surface area (TPSA) is 141 Å². The molecule has 1 aromatic heterocycles. The van der Waals surface area contributed by atoms with E-state index in [-0.39, 0.29) is 28.3 Å². The molecule has 0 saturated carbocycles. The van der Waals surface area contributed by atoms with Gasteiger partial charge >= 0.3 is 0 Å². The van der Waals surface area contributed by atoms with Crippen LogP contribution in [0, 0.1) is 0 Å². The van der Waals surface area contributed by atoms with Crippen LogP contribution in [0.15, 0.2) is 24.3 Å². The SMILES string of the molecule is CC[C@@H](C(=O)NC[C@@H]1CCCO1)N(C(=O)c1snc(C(N)=O)c1N)c1ccc(Cl)cc1. The Hall–Kier alpha value is -2.69. The number of rotatable bonds is 8. The molecule has 0 aliphatic carbocycles. The number of aromatic nitrogens is 1. The Morgan fingerprint density at radius 1 is 1.35 bits per heavy atom. The molecule has 0 unspecified atom stereocenters. The normalized spacial score (nSPS) is 16.6. The average molecular weight is 466 g/mol. The summed E-state index contributed by atoms with van der Waals surface area (Å²) in [6, 6.07) is 5.71. The monoisotopic (exact) mass is 465 g/mol. The molecular formula is C20H24ClN5O4S. The molecule has 5 N–H and O–H groups in total. The van der Waals surface area contributed by atoms with Crippen molar-refractivity contribution in [3.8, 4) is 0 Å². The van der Waals surface area contributed by atoms with Crippen molar-refractivity contribution in [3.63, 3.8) is 0 Å². The molecule has 0 radical (unpaired) electrons. The first-order valence-electron chi connectivity index (χ1n) is 9.86. The number of nitrogens with two attached hydrogens (primary N) is 2. The summed E-state index contributed by atoms with van der Waals surface area (Å²) in [5.74, 6) is -1.70. The third-order valence-electron chi connectivity index (χ3n) is 5.01. The Morgan fingerprint density at radius 3 is 2.61 bits per heavy atom. The van der Waals surface area contributed by atoms with Gasteiger partial charge in [-0.2, -0.15) is 4.37 Å². The van der Waals surface area contributed by atoms with Gasteiger partial charge in [-0.15, -0.1) is 0 Å². The summed E-state index contributed by atoms with van der Waals surface area (Å²) in [5.41, 5.74) is 11.4. The first-order valence-corrected chi connectivity index (χ1v) is 11.0. The van der Waals surface area contributed by atoms with Crippen LogP contribution in [0.1, 0.15) is 46.3 Å². The predicted molar refractivity (Wildman–Crippen MR) is 119 cm³/mol. The minimum atomic E-state index is -0.827. The zero-order valence-corrected chi connectivity index (χ0v) is 18.5. The van der Waals surface area contributed by atoms with Crippen molar-refractivity contribution in [1.82, 2.24) is 9.69 Å². The molecule has 1 aliphatic rings. The van der Waals surface area contributed by atoms with E-state index in [0.29, 0.717) is 30.3 Å². The zero-order valence-electron chi connectivity index (χ0n) is 17.0. The van der Waals surface area contributed by atoms with Gasteiger partial charge in [-0.25, -0.2) is 0 Å². The number of hydrogen-bond acceptors (Lipinski definition) is 7. The maximum absolute atomic E-state index is 13.5. The number of benzene rings is 1. The fourth-order valence-corrected chi connectivity index (χ4v) is 4.27. The Balaban J connectivity index is 1.92. The Labute approximate surface area is 188 Å². The van der Waals surface area contributed by atoms with Crippen LogP contribution in [0.25, 0.3) is 0 Å². The second-order valence-corrected chi connectivity index (χ2v) is 8.30. The van der Waals surface area contributed by atoms with Crippen LogP contribution < -0.4 is 21.7 Å². The quantitative estimate of drug-likeness (QED) is 0.545. The van der Waals surface area contributed by atoms with E-state index in [1.54, 1.807) is 31.2 Å². The molecule has 0 spiro atoms. The summed E-state index contributed by atoms with van der Waals surface area (Å²) in [6.07, 6.45) is 2.15. The molecule has 2 aromatic rings. The maximum Gasteiger partial charge on any atom is 0.272 e. The van der Waals surface area contributed by atoms with Gasteiger partial charge in [0.15, 0.2) is 5.69 Å². The molecule has 2 heterocycles. The van der Waals surface area contributed by atoms with Gasteiger partial charge in [0.1, 0.15) is 10.9 Å². The van der Waals surface area contributed by atoms with E-state index in [9.17, 15) is 14.4 Å². The number of hydrogen-bond donors (Lipinski definition) is 3. The molecular weight excluding hydrogens is 442 g/mol. The van der Waals surface area contributed by atoms with Gasteiger partial charge in [0.25, 0.3) is 11.8 Å². The lowest BCUT2D eigenvalue weighted by atomic mass is 10.1. The Morgan fingerprint density at radius 2 is 2.06 bits per heavy atom. The summed E-state index contributed by atoms with van der Waals surface area (Å²) in [6.45, 7) is 2.85. The Bertz CT molecular complexity index is 959. The second kappa shape index (κ2) is 10.1. The number of halogens is 1. The molecule has 0 bridgehead atoms. The molecule has 9 nitrogen and oxygen atoms in total. The number of carbonyl (C=O) groups is 3. The van der Waals surface area contributed by atoms with Gasteiger partial charge in [-0.1, -0.05) is 18.5 Å². The summed E-state index contributed by atoms with van der Waals surface area (Å²) >= 11 is 6.77. The minimum absolute atomic E-state index is 0.0311. The molecule has 2 atom stereocenters. The molecule has 1 saturated heterocycles. The van der Waals surface area contributed by atoms with Crippen molar-refractivity contribution >= 4 is 52.2 Å². The van der Waals surface area contributed by atoms with Crippen LogP contribution in [0.3, 0.4) is 0 Å². The van der Waals surface area contributed by atoms with E-state index in [1.165, 1.54) is 4.90 Å². The first kappa shape index (κ1) is 23.0. The number of nitrogens with zero attached hydrogens (tertiary/aromatic N) is 2. The number of primary amides is 1. The van der Waals surface area contributed by atoms with Gasteiger partial charge in [0.2, 0.25) is 5.91 Å². The highest BCUT2D eigenvalue weighted by Crippen LogP contribution is 2.29. The third kappa shape index (κ3) is 5.15. The molecule has 31 heavy (non-hydrogen) atoms. The molecule has 1 aliphatic heterocycles. The van der Waals surface area contributed by atoms with Crippen molar-refractivity contribution in [3.05, 3.63) is 39.9 Å². The fourth-order valence-electron chi connectivity index (χ4n) is 3.40. The highest BCUT2D eigenvalue weighted by molar-refractivity contribution is 7.09. The molecule has 3 amide bonds. The number of amides is 3. The van der Waals surface area contributed by atoms with E-state index < -0.39 is 17.9 Å². The van der Waals surface area contributed by atoms with Crippen LogP contribution in [0.4, 0.5) is 11.4 Å². The predicted octanol–water partition coefficient (Wildman–Crippen LogP) is 2.20. The molecule has 1 aromatic carbocycles. The van der Waals surface area contributed by atoms with Crippen LogP contribution >= 0.6 is 23.1 Å². The van der Waals surface area contributed by atoms with Crippen molar-refractivity contribution < 1.29 is 19.1 Å². The highest BCUT2D eigenvalue weighted by atomic mass is 35.5. The lowest BCUT2D eigenvalue weighted by Crippen LogP contribution is -2.50. The van der Waals surface area contributed by atoms with Crippen molar-refractivity contribution in [2.45, 2.75) is 38.3 Å². The van der Waals surface area contributed by atoms with E-state index in [4.69, 9.17) is 27.8 Å². The molecule has 11 heteroatoms. The van der Waals surface area contributed by atoms with Gasteiger partial charge in [0, 0.05) is 23.9 Å². The highest BCUT2D eigenvalue weighted by Gasteiger charge is 2.34. The third-order valence-corrected chi connectivity index (χ3v) is 6.11. The smallest absolute Gasteiger partial charge is 0.272 e. The number of anilines is 2. The summed E-state index contributed by atoms with van der Waals surface area (Å²) in [7, 11) is 0. The van der Waals surface area contributed by atoms with Crippen molar-refractivity contribution in [2.24, 2.45) is 5.73 Å². The summed E-state index contributed by atoms with van der Waals surface area (Å²) < 4.78 is 9.46. The molecule has 1 fully saturated rings. The van der Waals surface area contributed by atoms with E-state index in [1.807, 2.05) is 0 Å². The van der Waals surface area contributed by atoms with Crippen molar-refractivity contribution in [2.75, 3.05) is 23.8 Å². The van der Waals surface area contributed by atoms with Crippen LogP contribution in [-0.4, -0.2) is 47.4 Å². The van der Waals surface area contributed by atoms with Crippen LogP contribution in [0.2, 0.25) is 5.02 Å². The van der Waals surface area contributed by atoms with Gasteiger partial charge in [-0.3, -0.25) is 19.3 Å². The summed E-state index contributed by atoms with van der Waals surface area (Å²) in [4.78, 5) is 39.4. The zero-order chi connectivity index (χ0) is 22.5. The number of nitrogens with one attached hydrogen (secondary N) is 1. The number of ether oxygens (including phenoxy) is 1. The molecule has 3 rings (SSSR count). The van der Waals surface area contributed by atoms with Crippen LogP contribution in [0.5, 0.6) is 0 Å². The minimum Gasteiger partial charge on any atom is -0.395 e. The lowest BCUT2D eigenvalue weighted by molar-refractivity contribution is -0.122. The largest absolute Gasteiger partial charge is 0.395 e. The van der Waals surface area contributed by atoms with E-state index >= 15 is 0 Å². The maximum atomic E-state index is 13.5. The second-order valence-electron chi connectivity index (χ2n) is 7.09.